The van der Waals surface area contributed by atoms with Crippen LogP contribution in [0, 0.1) is 0 Å². The summed E-state index contributed by atoms with van der Waals surface area (Å²) in [6.45, 7) is 0. The molecule has 10 rings (SSSR count). The van der Waals surface area contributed by atoms with E-state index in [0.717, 1.165) is 39.0 Å². The maximum atomic E-state index is 16.5. The molecule has 0 saturated heterocycles. The van der Waals surface area contributed by atoms with E-state index in [9.17, 15) is 0 Å². The third kappa shape index (κ3) is 4.46. The molecule has 260 valence electrons. The predicted molar refractivity (Wildman–Crippen MR) is 211 cm³/mol. The van der Waals surface area contributed by atoms with Crippen LogP contribution in [0.3, 0.4) is 0 Å². The predicted octanol–water partition coefficient (Wildman–Crippen LogP) is 15.4. The second kappa shape index (κ2) is 11.7. The van der Waals surface area contributed by atoms with Gasteiger partial charge in [0.2, 0.25) is 0 Å². The molecule has 52 heavy (non-hydrogen) atoms. The van der Waals surface area contributed by atoms with Crippen molar-refractivity contribution in [2.45, 2.75) is 23.2 Å². The first-order valence-corrected chi connectivity index (χ1v) is 22.4. The second-order valence-corrected chi connectivity index (χ2v) is 20.2. The summed E-state index contributed by atoms with van der Waals surface area (Å²) in [7, 11) is 0. The summed E-state index contributed by atoms with van der Waals surface area (Å²) >= 11 is 11.2. The third-order valence-corrected chi connectivity index (χ3v) is 18.5. The molecule has 0 amide bonds. The van der Waals surface area contributed by atoms with Gasteiger partial charge in [-0.1, -0.05) is 24.3 Å². The van der Waals surface area contributed by atoms with Crippen LogP contribution in [0.2, 0.25) is 0 Å². The van der Waals surface area contributed by atoms with E-state index in [0.29, 0.717) is 19.5 Å². The number of allylic oxidation sites excluding steroid dienone is 2. The minimum absolute atomic E-state index is 0.259. The Bertz CT molecular complexity index is 2430. The summed E-state index contributed by atoms with van der Waals surface area (Å²) in [5, 5.41) is 7.66. The number of thiophene rings is 8. The Morgan fingerprint density at radius 3 is 1.13 bits per heavy atom. The van der Waals surface area contributed by atoms with Crippen LogP contribution in [0.25, 0.3) is 50.2 Å². The van der Waals surface area contributed by atoms with Gasteiger partial charge >= 0.3 is 17.8 Å². The molecule has 14 heteroatoms. The number of fused-ring (bicyclic) bond motifs is 4. The van der Waals surface area contributed by atoms with Gasteiger partial charge in [-0.15, -0.1) is 90.7 Å². The molecule has 0 N–H and O–H groups in total. The highest BCUT2D eigenvalue weighted by Gasteiger charge is 2.81. The quantitative estimate of drug-likeness (QED) is 0.146. The van der Waals surface area contributed by atoms with Gasteiger partial charge in [-0.05, 0) is 82.2 Å². The fourth-order valence-electron chi connectivity index (χ4n) is 7.09. The fourth-order valence-corrected chi connectivity index (χ4v) is 16.0. The van der Waals surface area contributed by atoms with Crippen LogP contribution in [0.1, 0.15) is 30.6 Å². The second-order valence-electron chi connectivity index (χ2n) is 12.2. The molecule has 0 aliphatic heterocycles. The fraction of sp³-hybridized carbons (Fsp3) is 0.105. The van der Waals surface area contributed by atoms with E-state index in [1.165, 1.54) is 80.2 Å². The van der Waals surface area contributed by atoms with Crippen LogP contribution >= 0.6 is 90.7 Å². The van der Waals surface area contributed by atoms with Gasteiger partial charge in [-0.25, -0.2) is 0 Å². The average molecular weight is 845 g/mol. The standard InChI is InChI=1S/C38H18F6S8/c39-36(40)31-19-17-27(25-11-9-23(49-25)21-5-1-13-45-21)51-33(19)35(29-7-3-15-47-29,30-8-4-16-48-30)34-20(32(31)37(41,42)38(36,43)44)18-28(52-34)26-12-10-24(50-26)22-6-2-14-46-22/h1-18H. The van der Waals surface area contributed by atoms with E-state index < -0.39 is 34.3 Å². The molecule has 0 fully saturated rings. The van der Waals surface area contributed by atoms with Crippen molar-refractivity contribution >= 4 is 102 Å². The maximum Gasteiger partial charge on any atom is 0.380 e. The lowest BCUT2D eigenvalue weighted by atomic mass is 9.78. The molecule has 0 nitrogen and oxygen atoms in total. The van der Waals surface area contributed by atoms with Gasteiger partial charge in [-0.2, -0.15) is 26.3 Å². The van der Waals surface area contributed by atoms with Gasteiger partial charge in [0, 0.05) is 80.8 Å². The van der Waals surface area contributed by atoms with E-state index in [1.54, 1.807) is 22.7 Å². The molecule has 0 aromatic carbocycles. The number of hydrogen-bond donors (Lipinski definition) is 0. The summed E-state index contributed by atoms with van der Waals surface area (Å²) in [6.07, 6.45) is 0. The van der Waals surface area contributed by atoms with Crippen molar-refractivity contribution in [2.75, 3.05) is 0 Å². The van der Waals surface area contributed by atoms with Gasteiger partial charge in [0.15, 0.2) is 0 Å². The Labute approximate surface area is 324 Å². The summed E-state index contributed by atoms with van der Waals surface area (Å²) in [6, 6.07) is 25.8. The number of alkyl halides is 6. The molecule has 0 atom stereocenters. The lowest BCUT2D eigenvalue weighted by molar-refractivity contribution is -0.254. The van der Waals surface area contributed by atoms with E-state index >= 15 is 26.3 Å². The van der Waals surface area contributed by atoms with Crippen molar-refractivity contribution in [3.05, 3.63) is 137 Å². The third-order valence-electron chi connectivity index (χ3n) is 9.36. The molecule has 0 unspecified atom stereocenters. The molecule has 2 aliphatic rings. The van der Waals surface area contributed by atoms with Crippen molar-refractivity contribution in [1.29, 1.82) is 0 Å². The summed E-state index contributed by atoms with van der Waals surface area (Å²) in [5.41, 5.74) is -4.43. The molecule has 8 heterocycles. The first kappa shape index (κ1) is 33.5. The molecule has 8 aromatic rings. The molecule has 0 radical (unpaired) electrons. The van der Waals surface area contributed by atoms with Gasteiger partial charge in [0.1, 0.15) is 5.41 Å². The Kier molecular flexibility index (Phi) is 7.54. The minimum atomic E-state index is -5.65. The molecular formula is C38H18F6S8. The normalized spacial score (nSPS) is 18.0. The maximum absolute atomic E-state index is 16.5. The van der Waals surface area contributed by atoms with E-state index in [4.69, 9.17) is 0 Å². The Balaban J connectivity index is 1.31. The molecule has 0 saturated carbocycles. The van der Waals surface area contributed by atoms with Gasteiger partial charge in [0.25, 0.3) is 0 Å². The summed E-state index contributed by atoms with van der Waals surface area (Å²) in [4.78, 5) is 8.68. The van der Waals surface area contributed by atoms with Gasteiger partial charge in [-0.3, -0.25) is 0 Å². The van der Waals surface area contributed by atoms with Crippen LogP contribution in [-0.2, 0) is 5.41 Å². The molecular weight excluding hydrogens is 827 g/mol. The Hall–Kier alpha value is -3.08. The van der Waals surface area contributed by atoms with Crippen LogP contribution in [0.15, 0.2) is 106 Å². The highest BCUT2D eigenvalue weighted by Crippen LogP contribution is 2.71. The Morgan fingerprint density at radius 1 is 0.385 bits per heavy atom. The molecule has 2 aliphatic carbocycles. The SMILES string of the molecule is FC1(F)C2=C(c3cc(-c4ccc(-c5cccs5)s4)sc3C(c3cccs3)(c3cccs3)c3sc(-c4ccc(-c5cccs5)s4)cc32)C(F)(F)C1(F)F. The van der Waals surface area contributed by atoms with Gasteiger partial charge < -0.3 is 0 Å². The lowest BCUT2D eigenvalue weighted by Gasteiger charge is -2.34. The highest BCUT2D eigenvalue weighted by molar-refractivity contribution is 7.27. The monoisotopic (exact) mass is 844 g/mol. The Morgan fingerprint density at radius 2 is 0.769 bits per heavy atom. The van der Waals surface area contributed by atoms with E-state index in [1.807, 2.05) is 94.3 Å². The number of hydrogen-bond acceptors (Lipinski definition) is 8. The van der Waals surface area contributed by atoms with Crippen molar-refractivity contribution in [3.63, 3.8) is 0 Å². The van der Waals surface area contributed by atoms with Crippen LogP contribution < -0.4 is 0 Å². The van der Waals surface area contributed by atoms with Gasteiger partial charge in [0.05, 0.1) is 0 Å². The zero-order chi connectivity index (χ0) is 35.6. The summed E-state index contributed by atoms with van der Waals surface area (Å²) in [5.74, 6) is -16.0. The van der Waals surface area contributed by atoms with Crippen molar-refractivity contribution in [3.8, 4) is 39.0 Å². The van der Waals surface area contributed by atoms with Crippen LogP contribution in [0.5, 0.6) is 0 Å². The number of rotatable bonds is 6. The van der Waals surface area contributed by atoms with E-state index in [2.05, 4.69) is 0 Å². The summed E-state index contributed by atoms with van der Waals surface area (Å²) < 4.78 is 97.3. The van der Waals surface area contributed by atoms with Crippen molar-refractivity contribution in [2.24, 2.45) is 0 Å². The minimum Gasteiger partial charge on any atom is -0.194 e. The zero-order valence-electron chi connectivity index (χ0n) is 25.9. The van der Waals surface area contributed by atoms with Crippen LogP contribution in [0.4, 0.5) is 26.3 Å². The first-order valence-electron chi connectivity index (χ1n) is 15.6. The molecule has 8 aromatic heterocycles. The average Bonchev–Trinajstić information content (AvgIpc) is 3.98. The highest BCUT2D eigenvalue weighted by atomic mass is 32.1. The molecule has 0 bridgehead atoms. The van der Waals surface area contributed by atoms with E-state index in [-0.39, 0.29) is 11.1 Å². The van der Waals surface area contributed by atoms with Crippen LogP contribution in [-0.4, -0.2) is 17.8 Å². The zero-order valence-corrected chi connectivity index (χ0v) is 32.5. The number of halogens is 6. The molecule has 0 spiro atoms. The first-order chi connectivity index (χ1) is 25.0. The van der Waals surface area contributed by atoms with Crippen molar-refractivity contribution < 1.29 is 26.3 Å². The largest absolute Gasteiger partial charge is 0.380 e. The van der Waals surface area contributed by atoms with Crippen molar-refractivity contribution in [1.82, 2.24) is 0 Å². The smallest absolute Gasteiger partial charge is 0.194 e. The lowest BCUT2D eigenvalue weighted by Crippen LogP contribution is -2.49. The topological polar surface area (TPSA) is 0 Å².